The standard InChI is InChI=1S/C13H12IN/c1-8-6-12(8)11-3-2-9-7-15-5-4-10(9)13(11)14/h2-5,7-8,12H,6H2,1H3/t8?,12-/m0/s1. The number of fused-ring (bicyclic) bond motifs is 1. The van der Waals surface area contributed by atoms with Gasteiger partial charge in [0.25, 0.3) is 0 Å². The summed E-state index contributed by atoms with van der Waals surface area (Å²) in [7, 11) is 0. The minimum absolute atomic E-state index is 0.800. The summed E-state index contributed by atoms with van der Waals surface area (Å²) in [5.74, 6) is 1.67. The SMILES string of the molecule is CC1C[C@@H]1c1ccc2cnccc2c1I. The highest BCUT2D eigenvalue weighted by Crippen LogP contribution is 2.49. The van der Waals surface area contributed by atoms with Gasteiger partial charge < -0.3 is 0 Å². The van der Waals surface area contributed by atoms with E-state index in [1.807, 2.05) is 12.4 Å². The van der Waals surface area contributed by atoms with Crippen molar-refractivity contribution in [1.82, 2.24) is 4.98 Å². The first-order valence-electron chi connectivity index (χ1n) is 5.29. The second kappa shape index (κ2) is 3.44. The van der Waals surface area contributed by atoms with Crippen molar-refractivity contribution in [2.24, 2.45) is 5.92 Å². The van der Waals surface area contributed by atoms with Gasteiger partial charge in [0.1, 0.15) is 0 Å². The average molecular weight is 309 g/mol. The first-order chi connectivity index (χ1) is 7.27. The molecule has 1 heterocycles. The molecule has 0 radical (unpaired) electrons. The first-order valence-corrected chi connectivity index (χ1v) is 6.37. The van der Waals surface area contributed by atoms with Gasteiger partial charge in [0.15, 0.2) is 0 Å². The Bertz CT molecular complexity index is 521. The van der Waals surface area contributed by atoms with Crippen LogP contribution in [0.5, 0.6) is 0 Å². The van der Waals surface area contributed by atoms with Crippen LogP contribution in [-0.2, 0) is 0 Å². The lowest BCUT2D eigenvalue weighted by Crippen LogP contribution is -1.89. The summed E-state index contributed by atoms with van der Waals surface area (Å²) in [5, 5.41) is 2.60. The van der Waals surface area contributed by atoms with Gasteiger partial charge in [0.05, 0.1) is 0 Å². The van der Waals surface area contributed by atoms with Crippen molar-refractivity contribution in [3.63, 3.8) is 0 Å². The van der Waals surface area contributed by atoms with Gasteiger partial charge in [0.2, 0.25) is 0 Å². The summed E-state index contributed by atoms with van der Waals surface area (Å²) in [6.07, 6.45) is 5.18. The van der Waals surface area contributed by atoms with Crippen LogP contribution in [0, 0.1) is 9.49 Å². The molecule has 1 nitrogen and oxygen atoms in total. The number of hydrogen-bond donors (Lipinski definition) is 0. The molecule has 1 aromatic heterocycles. The van der Waals surface area contributed by atoms with Crippen LogP contribution < -0.4 is 0 Å². The molecule has 2 heteroatoms. The molecule has 2 aromatic rings. The zero-order valence-electron chi connectivity index (χ0n) is 8.57. The molecule has 0 amide bonds. The molecule has 2 atom stereocenters. The number of nitrogens with zero attached hydrogens (tertiary/aromatic N) is 1. The molecule has 1 aromatic carbocycles. The third kappa shape index (κ3) is 1.55. The maximum atomic E-state index is 4.16. The van der Waals surface area contributed by atoms with Crippen LogP contribution >= 0.6 is 22.6 Å². The smallest absolute Gasteiger partial charge is 0.0346 e. The van der Waals surface area contributed by atoms with Crippen LogP contribution in [0.1, 0.15) is 24.8 Å². The van der Waals surface area contributed by atoms with Crippen molar-refractivity contribution < 1.29 is 0 Å². The van der Waals surface area contributed by atoms with Crippen molar-refractivity contribution in [2.75, 3.05) is 0 Å². The van der Waals surface area contributed by atoms with Gasteiger partial charge in [-0.1, -0.05) is 19.1 Å². The second-order valence-corrected chi connectivity index (χ2v) is 5.46. The van der Waals surface area contributed by atoms with Crippen molar-refractivity contribution in [3.05, 3.63) is 39.7 Å². The molecule has 0 bridgehead atoms. The minimum Gasteiger partial charge on any atom is -0.264 e. The zero-order valence-corrected chi connectivity index (χ0v) is 10.7. The van der Waals surface area contributed by atoms with Gasteiger partial charge in [-0.3, -0.25) is 4.98 Å². The van der Waals surface area contributed by atoms with Gasteiger partial charge in [-0.05, 0) is 57.9 Å². The fourth-order valence-corrected chi connectivity index (χ4v) is 3.26. The van der Waals surface area contributed by atoms with E-state index in [1.165, 1.54) is 26.3 Å². The summed E-state index contributed by atoms with van der Waals surface area (Å²) in [6, 6.07) is 6.60. The van der Waals surface area contributed by atoms with E-state index < -0.39 is 0 Å². The minimum atomic E-state index is 0.800. The number of benzene rings is 1. The topological polar surface area (TPSA) is 12.9 Å². The molecule has 0 spiro atoms. The Morgan fingerprint density at radius 2 is 2.13 bits per heavy atom. The highest BCUT2D eigenvalue weighted by Gasteiger charge is 2.35. The number of hydrogen-bond acceptors (Lipinski definition) is 1. The normalized spacial score (nSPS) is 24.4. The van der Waals surface area contributed by atoms with Gasteiger partial charge in [-0.2, -0.15) is 0 Å². The third-order valence-electron chi connectivity index (χ3n) is 3.29. The fraction of sp³-hybridized carbons (Fsp3) is 0.308. The van der Waals surface area contributed by atoms with Crippen molar-refractivity contribution in [2.45, 2.75) is 19.3 Å². The number of rotatable bonds is 1. The van der Waals surface area contributed by atoms with Gasteiger partial charge in [0, 0.05) is 21.4 Å². The number of pyridine rings is 1. The highest BCUT2D eigenvalue weighted by atomic mass is 127. The van der Waals surface area contributed by atoms with Gasteiger partial charge >= 0.3 is 0 Å². The van der Waals surface area contributed by atoms with E-state index in [0.29, 0.717) is 0 Å². The maximum Gasteiger partial charge on any atom is 0.0346 e. The zero-order chi connectivity index (χ0) is 10.4. The van der Waals surface area contributed by atoms with E-state index in [-0.39, 0.29) is 0 Å². The molecular formula is C13H12IN. The molecule has 3 rings (SSSR count). The Hall–Kier alpha value is -0.640. The van der Waals surface area contributed by atoms with Crippen molar-refractivity contribution in [3.8, 4) is 0 Å². The molecule has 0 N–H and O–H groups in total. The predicted octanol–water partition coefficient (Wildman–Crippen LogP) is 3.96. The molecule has 0 aliphatic heterocycles. The lowest BCUT2D eigenvalue weighted by atomic mass is 10.0. The van der Waals surface area contributed by atoms with Crippen LogP contribution in [0.4, 0.5) is 0 Å². The van der Waals surface area contributed by atoms with Crippen LogP contribution in [-0.4, -0.2) is 4.98 Å². The summed E-state index contributed by atoms with van der Waals surface area (Å²) >= 11 is 2.48. The summed E-state index contributed by atoms with van der Waals surface area (Å²) in [5.41, 5.74) is 1.53. The summed E-state index contributed by atoms with van der Waals surface area (Å²) < 4.78 is 1.42. The molecule has 1 unspecified atom stereocenters. The Kier molecular flexibility index (Phi) is 2.20. The van der Waals surface area contributed by atoms with E-state index in [4.69, 9.17) is 0 Å². The Labute approximate surface area is 103 Å². The number of halogens is 1. The molecule has 1 aliphatic carbocycles. The van der Waals surface area contributed by atoms with Crippen LogP contribution in [0.2, 0.25) is 0 Å². The molecule has 76 valence electrons. The largest absolute Gasteiger partial charge is 0.264 e. The Balaban J connectivity index is 2.21. The second-order valence-electron chi connectivity index (χ2n) is 4.39. The van der Waals surface area contributed by atoms with Crippen LogP contribution in [0.25, 0.3) is 10.8 Å². The third-order valence-corrected chi connectivity index (χ3v) is 4.50. The van der Waals surface area contributed by atoms with Crippen LogP contribution in [0.15, 0.2) is 30.6 Å². The summed E-state index contributed by atoms with van der Waals surface area (Å²) in [6.45, 7) is 2.33. The molecule has 1 aliphatic rings. The molecule has 0 saturated heterocycles. The monoisotopic (exact) mass is 309 g/mol. The van der Waals surface area contributed by atoms with Gasteiger partial charge in [-0.15, -0.1) is 0 Å². The lowest BCUT2D eigenvalue weighted by Gasteiger charge is -2.06. The molecular weight excluding hydrogens is 297 g/mol. The molecule has 15 heavy (non-hydrogen) atoms. The maximum absolute atomic E-state index is 4.16. The van der Waals surface area contributed by atoms with Crippen molar-refractivity contribution >= 4 is 33.4 Å². The fourth-order valence-electron chi connectivity index (χ4n) is 2.19. The Morgan fingerprint density at radius 1 is 1.33 bits per heavy atom. The van der Waals surface area contributed by atoms with E-state index in [9.17, 15) is 0 Å². The summed E-state index contributed by atoms with van der Waals surface area (Å²) in [4.78, 5) is 4.16. The first kappa shape index (κ1) is 9.58. The molecule has 1 fully saturated rings. The van der Waals surface area contributed by atoms with Crippen molar-refractivity contribution in [1.29, 1.82) is 0 Å². The van der Waals surface area contributed by atoms with Gasteiger partial charge in [-0.25, -0.2) is 0 Å². The highest BCUT2D eigenvalue weighted by molar-refractivity contribution is 14.1. The quantitative estimate of drug-likeness (QED) is 0.727. The molecule has 1 saturated carbocycles. The number of aromatic nitrogens is 1. The van der Waals surface area contributed by atoms with Crippen LogP contribution in [0.3, 0.4) is 0 Å². The van der Waals surface area contributed by atoms with E-state index in [1.54, 1.807) is 0 Å². The predicted molar refractivity (Wildman–Crippen MR) is 71.0 cm³/mol. The average Bonchev–Trinajstić information content (AvgIpc) is 2.96. The Morgan fingerprint density at radius 3 is 2.87 bits per heavy atom. The van der Waals surface area contributed by atoms with E-state index >= 15 is 0 Å². The van der Waals surface area contributed by atoms with E-state index in [2.05, 4.69) is 52.7 Å². The van der Waals surface area contributed by atoms with E-state index in [0.717, 1.165) is 11.8 Å². The lowest BCUT2D eigenvalue weighted by molar-refractivity contribution is 0.912.